The Morgan fingerprint density at radius 1 is 1.57 bits per heavy atom. The summed E-state index contributed by atoms with van der Waals surface area (Å²) in [7, 11) is 1.28. The lowest BCUT2D eigenvalue weighted by atomic mass is 10.1. The number of carbonyl (C=O) groups excluding carboxylic acids is 1. The van der Waals surface area contributed by atoms with E-state index in [2.05, 4.69) is 4.74 Å². The summed E-state index contributed by atoms with van der Waals surface area (Å²) in [6.07, 6.45) is -0.989. The van der Waals surface area contributed by atoms with E-state index in [9.17, 15) is 9.90 Å². The minimum Gasteiger partial charge on any atom is -0.469 e. The Hall–Kier alpha value is -1.06. The summed E-state index contributed by atoms with van der Waals surface area (Å²) in [6.45, 7) is 0. The number of aliphatic hydroxyl groups excluding tert-OH is 1. The van der Waals surface area contributed by atoms with E-state index in [-0.39, 0.29) is 6.42 Å². The minimum absolute atomic E-state index is 0.0831. The second-order valence-electron chi connectivity index (χ2n) is 2.82. The first-order chi connectivity index (χ1) is 6.65. The molecule has 76 valence electrons. The summed E-state index contributed by atoms with van der Waals surface area (Å²) in [5.74, 6) is -0.461. The van der Waals surface area contributed by atoms with Gasteiger partial charge in [-0.1, -0.05) is 29.8 Å². The topological polar surface area (TPSA) is 46.5 Å². The first kappa shape index (κ1) is 11.0. The molecule has 0 saturated heterocycles. The Morgan fingerprint density at radius 2 is 2.21 bits per heavy atom. The lowest BCUT2D eigenvalue weighted by Crippen LogP contribution is -2.08. The van der Waals surface area contributed by atoms with Crippen molar-refractivity contribution in [3.63, 3.8) is 0 Å². The van der Waals surface area contributed by atoms with Crippen LogP contribution in [0.1, 0.15) is 18.1 Å². The van der Waals surface area contributed by atoms with Crippen LogP contribution in [0, 0.1) is 0 Å². The van der Waals surface area contributed by atoms with E-state index in [0.717, 1.165) is 0 Å². The van der Waals surface area contributed by atoms with Gasteiger partial charge in [0.1, 0.15) is 0 Å². The summed E-state index contributed by atoms with van der Waals surface area (Å²) in [5, 5.41) is 10.1. The average molecular weight is 215 g/mol. The highest BCUT2D eigenvalue weighted by atomic mass is 35.5. The van der Waals surface area contributed by atoms with Gasteiger partial charge in [0.05, 0.1) is 19.6 Å². The lowest BCUT2D eigenvalue weighted by molar-refractivity contribution is -0.142. The number of halogens is 1. The molecule has 1 aromatic rings. The number of rotatable bonds is 3. The third kappa shape index (κ3) is 2.72. The van der Waals surface area contributed by atoms with Gasteiger partial charge in [-0.15, -0.1) is 0 Å². The van der Waals surface area contributed by atoms with Gasteiger partial charge in [-0.25, -0.2) is 0 Å². The van der Waals surface area contributed by atoms with Gasteiger partial charge < -0.3 is 9.84 Å². The van der Waals surface area contributed by atoms with Crippen LogP contribution < -0.4 is 0 Å². The van der Waals surface area contributed by atoms with Crippen LogP contribution in [0.5, 0.6) is 0 Å². The molecule has 0 fully saturated rings. The molecule has 14 heavy (non-hydrogen) atoms. The highest BCUT2D eigenvalue weighted by Crippen LogP contribution is 2.24. The van der Waals surface area contributed by atoms with Crippen molar-refractivity contribution in [1.29, 1.82) is 0 Å². The molecule has 1 N–H and O–H groups in total. The molecule has 4 heteroatoms. The molecule has 0 radical (unpaired) electrons. The fourth-order valence-corrected chi connectivity index (χ4v) is 1.36. The maximum Gasteiger partial charge on any atom is 0.308 e. The second-order valence-corrected chi connectivity index (χ2v) is 3.22. The van der Waals surface area contributed by atoms with Gasteiger partial charge in [0.15, 0.2) is 0 Å². The van der Waals surface area contributed by atoms with E-state index in [0.29, 0.717) is 10.6 Å². The zero-order valence-corrected chi connectivity index (χ0v) is 8.49. The minimum atomic E-state index is -0.906. The fourth-order valence-electron chi connectivity index (χ4n) is 1.10. The first-order valence-electron chi connectivity index (χ1n) is 4.14. The predicted molar refractivity (Wildman–Crippen MR) is 53.0 cm³/mol. The fraction of sp³-hybridized carbons (Fsp3) is 0.300. The summed E-state index contributed by atoms with van der Waals surface area (Å²) < 4.78 is 4.44. The van der Waals surface area contributed by atoms with Crippen molar-refractivity contribution in [2.75, 3.05) is 7.11 Å². The number of benzene rings is 1. The number of carbonyl (C=O) groups is 1. The maximum atomic E-state index is 10.9. The third-order valence-corrected chi connectivity index (χ3v) is 2.20. The Bertz CT molecular complexity index is 325. The molecule has 3 nitrogen and oxygen atoms in total. The average Bonchev–Trinajstić information content (AvgIpc) is 2.18. The molecule has 0 heterocycles. The highest BCUT2D eigenvalue weighted by Gasteiger charge is 2.15. The Balaban J connectivity index is 2.74. The molecule has 0 bridgehead atoms. The molecule has 1 aromatic carbocycles. The molecular formula is C10H11ClO3. The second kappa shape index (κ2) is 4.98. The number of esters is 1. The van der Waals surface area contributed by atoms with Crippen molar-refractivity contribution < 1.29 is 14.6 Å². The number of ether oxygens (including phenoxy) is 1. The van der Waals surface area contributed by atoms with Crippen molar-refractivity contribution in [2.24, 2.45) is 0 Å². The van der Waals surface area contributed by atoms with Gasteiger partial charge in [0.25, 0.3) is 0 Å². The molecule has 0 aromatic heterocycles. The monoisotopic (exact) mass is 214 g/mol. The Kier molecular flexibility index (Phi) is 3.92. The van der Waals surface area contributed by atoms with Gasteiger partial charge in [0, 0.05) is 5.02 Å². The van der Waals surface area contributed by atoms with E-state index in [1.165, 1.54) is 7.11 Å². The number of aliphatic hydroxyl groups is 1. The SMILES string of the molecule is COC(=O)C[C@H](O)c1ccccc1Cl. The van der Waals surface area contributed by atoms with Crippen molar-refractivity contribution >= 4 is 17.6 Å². The van der Waals surface area contributed by atoms with Crippen LogP contribution in [0.3, 0.4) is 0 Å². The first-order valence-corrected chi connectivity index (χ1v) is 4.52. The summed E-state index contributed by atoms with van der Waals surface area (Å²) in [6, 6.07) is 6.85. The summed E-state index contributed by atoms with van der Waals surface area (Å²) in [5.41, 5.74) is 0.541. The highest BCUT2D eigenvalue weighted by molar-refractivity contribution is 6.31. The van der Waals surface area contributed by atoms with Crippen LogP contribution in [0.25, 0.3) is 0 Å². The van der Waals surface area contributed by atoms with E-state index < -0.39 is 12.1 Å². The van der Waals surface area contributed by atoms with Crippen LogP contribution in [-0.2, 0) is 9.53 Å². The maximum absolute atomic E-state index is 10.9. The number of hydrogen-bond acceptors (Lipinski definition) is 3. The van der Waals surface area contributed by atoms with E-state index in [4.69, 9.17) is 11.6 Å². The van der Waals surface area contributed by atoms with Crippen LogP contribution in [0.15, 0.2) is 24.3 Å². The van der Waals surface area contributed by atoms with Gasteiger partial charge >= 0.3 is 5.97 Å². The van der Waals surface area contributed by atoms with Gasteiger partial charge in [-0.2, -0.15) is 0 Å². The zero-order chi connectivity index (χ0) is 10.6. The normalized spacial score (nSPS) is 12.2. The van der Waals surface area contributed by atoms with Crippen molar-refractivity contribution in [1.82, 2.24) is 0 Å². The van der Waals surface area contributed by atoms with Crippen molar-refractivity contribution in [2.45, 2.75) is 12.5 Å². The third-order valence-electron chi connectivity index (χ3n) is 1.85. The largest absolute Gasteiger partial charge is 0.469 e. The lowest BCUT2D eigenvalue weighted by Gasteiger charge is -2.10. The van der Waals surface area contributed by atoms with Gasteiger partial charge in [-0.05, 0) is 11.6 Å². The standard InChI is InChI=1S/C10H11ClO3/c1-14-10(13)6-9(12)7-4-2-3-5-8(7)11/h2-5,9,12H,6H2,1H3/t9-/m0/s1. The van der Waals surface area contributed by atoms with Crippen LogP contribution in [0.4, 0.5) is 0 Å². The molecule has 0 unspecified atom stereocenters. The van der Waals surface area contributed by atoms with E-state index in [1.54, 1.807) is 24.3 Å². The molecular weight excluding hydrogens is 204 g/mol. The van der Waals surface area contributed by atoms with Gasteiger partial charge in [0.2, 0.25) is 0 Å². The van der Waals surface area contributed by atoms with E-state index >= 15 is 0 Å². The summed E-state index contributed by atoms with van der Waals surface area (Å²) in [4.78, 5) is 10.9. The quantitative estimate of drug-likeness (QED) is 0.783. The van der Waals surface area contributed by atoms with Crippen molar-refractivity contribution in [3.05, 3.63) is 34.9 Å². The Morgan fingerprint density at radius 3 is 2.79 bits per heavy atom. The molecule has 0 saturated carbocycles. The zero-order valence-electron chi connectivity index (χ0n) is 7.74. The van der Waals surface area contributed by atoms with Crippen molar-refractivity contribution in [3.8, 4) is 0 Å². The molecule has 0 aliphatic rings. The predicted octanol–water partition coefficient (Wildman–Crippen LogP) is 1.94. The number of hydrogen-bond donors (Lipinski definition) is 1. The smallest absolute Gasteiger partial charge is 0.308 e. The van der Waals surface area contributed by atoms with Crippen LogP contribution in [-0.4, -0.2) is 18.2 Å². The summed E-state index contributed by atoms with van der Waals surface area (Å²) >= 11 is 5.83. The van der Waals surface area contributed by atoms with Crippen LogP contribution in [0.2, 0.25) is 5.02 Å². The molecule has 1 atom stereocenters. The van der Waals surface area contributed by atoms with Crippen LogP contribution >= 0.6 is 11.6 Å². The molecule has 0 aliphatic heterocycles. The molecule has 1 rings (SSSR count). The molecule has 0 aliphatic carbocycles. The van der Waals surface area contributed by atoms with Gasteiger partial charge in [-0.3, -0.25) is 4.79 Å². The Labute approximate surface area is 87.3 Å². The molecule has 0 amide bonds. The molecule has 0 spiro atoms. The number of methoxy groups -OCH3 is 1. The van der Waals surface area contributed by atoms with E-state index in [1.807, 2.05) is 0 Å².